The van der Waals surface area contributed by atoms with E-state index < -0.39 is 0 Å². The summed E-state index contributed by atoms with van der Waals surface area (Å²) in [5.41, 5.74) is 7.25. The summed E-state index contributed by atoms with van der Waals surface area (Å²) in [6.07, 6.45) is 3.39. The van der Waals surface area contributed by atoms with E-state index in [2.05, 4.69) is 25.6 Å². The second-order valence-corrected chi connectivity index (χ2v) is 5.98. The van der Waals surface area contributed by atoms with E-state index in [4.69, 9.17) is 15.2 Å². The third-order valence-corrected chi connectivity index (χ3v) is 3.83. The van der Waals surface area contributed by atoms with Crippen LogP contribution in [0, 0.1) is 6.92 Å². The molecule has 0 aliphatic rings. The smallest absolute Gasteiger partial charge is 0.258 e. The van der Waals surface area contributed by atoms with Crippen LogP contribution in [0.1, 0.15) is 17.1 Å². The first kappa shape index (κ1) is 19.1. The fourth-order valence-corrected chi connectivity index (χ4v) is 2.37. The van der Waals surface area contributed by atoms with Gasteiger partial charge in [-0.05, 0) is 31.2 Å². The minimum atomic E-state index is -0.262. The molecule has 10 nitrogen and oxygen atoms in total. The van der Waals surface area contributed by atoms with Crippen molar-refractivity contribution in [3.8, 4) is 11.5 Å². The average molecular weight is 383 g/mol. The van der Waals surface area contributed by atoms with Gasteiger partial charge in [0.1, 0.15) is 28.8 Å². The van der Waals surface area contributed by atoms with E-state index in [1.54, 1.807) is 55.4 Å². The monoisotopic (exact) mass is 383 g/mol. The molecule has 146 valence electrons. The van der Waals surface area contributed by atoms with Gasteiger partial charge >= 0.3 is 0 Å². The third-order valence-electron chi connectivity index (χ3n) is 3.83. The average Bonchev–Trinajstić information content (AvgIpc) is 3.15. The molecule has 0 spiro atoms. The number of nitrogen functional groups attached to an aromatic ring is 1. The number of carbonyl (C=O) groups excluding carboxylic acids is 1. The van der Waals surface area contributed by atoms with Crippen LogP contribution < -0.4 is 20.5 Å². The van der Waals surface area contributed by atoms with Crippen molar-refractivity contribution in [2.75, 3.05) is 19.5 Å². The summed E-state index contributed by atoms with van der Waals surface area (Å²) in [5.74, 6) is 2.06. The molecule has 2 aromatic heterocycles. The summed E-state index contributed by atoms with van der Waals surface area (Å²) in [6.45, 7) is 2.31. The lowest BCUT2D eigenvalue weighted by molar-refractivity contribution is -0.123. The number of amides is 1. The summed E-state index contributed by atoms with van der Waals surface area (Å²) in [5, 5.41) is 10.8. The van der Waals surface area contributed by atoms with E-state index in [0.717, 1.165) is 11.3 Å². The topological polar surface area (TPSA) is 130 Å². The van der Waals surface area contributed by atoms with Crippen LogP contribution in [0.2, 0.25) is 0 Å². The van der Waals surface area contributed by atoms with Crippen LogP contribution >= 0.6 is 0 Å². The second-order valence-electron chi connectivity index (χ2n) is 5.98. The van der Waals surface area contributed by atoms with Crippen LogP contribution in [-0.4, -0.2) is 44.6 Å². The van der Waals surface area contributed by atoms with Gasteiger partial charge in [-0.2, -0.15) is 0 Å². The lowest BCUT2D eigenvalue weighted by Gasteiger charge is -2.07. The quantitative estimate of drug-likeness (QED) is 0.582. The highest BCUT2D eigenvalue weighted by molar-refractivity contribution is 5.77. The van der Waals surface area contributed by atoms with Crippen molar-refractivity contribution in [1.29, 1.82) is 0 Å². The molecule has 3 N–H and O–H groups in total. The standard InChI is InChI=1S/C18H21N7O3/c1-12-20-7-13(18(19)22-12)9-25-10-14(23-24-25)8-21-17(26)11-28-16-5-3-15(27-2)4-6-16/h3-7,10H,8-9,11H2,1-2H3,(H,21,26)(H2,19,20,22). The Kier molecular flexibility index (Phi) is 6.00. The van der Waals surface area contributed by atoms with Gasteiger partial charge in [0.15, 0.2) is 6.61 Å². The predicted octanol–water partition coefficient (Wildman–Crippen LogP) is 0.711. The molecule has 0 atom stereocenters. The molecule has 0 fully saturated rings. The van der Waals surface area contributed by atoms with Crippen LogP contribution in [0.5, 0.6) is 11.5 Å². The van der Waals surface area contributed by atoms with Crippen molar-refractivity contribution in [2.24, 2.45) is 0 Å². The van der Waals surface area contributed by atoms with E-state index in [9.17, 15) is 4.79 Å². The number of carbonyl (C=O) groups is 1. The summed E-state index contributed by atoms with van der Waals surface area (Å²) in [6, 6.07) is 6.99. The minimum Gasteiger partial charge on any atom is -0.497 e. The Morgan fingerprint density at radius 3 is 2.71 bits per heavy atom. The molecule has 10 heteroatoms. The number of methoxy groups -OCH3 is 1. The van der Waals surface area contributed by atoms with Crippen LogP contribution in [0.4, 0.5) is 5.82 Å². The maximum atomic E-state index is 11.9. The van der Waals surface area contributed by atoms with Gasteiger partial charge in [-0.15, -0.1) is 5.10 Å². The Morgan fingerprint density at radius 2 is 2.00 bits per heavy atom. The number of rotatable bonds is 8. The first-order chi connectivity index (χ1) is 13.5. The molecule has 0 saturated carbocycles. The molecule has 2 heterocycles. The Morgan fingerprint density at radius 1 is 1.25 bits per heavy atom. The van der Waals surface area contributed by atoms with Crippen molar-refractivity contribution >= 4 is 11.7 Å². The summed E-state index contributed by atoms with van der Waals surface area (Å²) in [4.78, 5) is 20.2. The number of aryl methyl sites for hydroxylation is 1. The highest BCUT2D eigenvalue weighted by Gasteiger charge is 2.08. The Hall–Kier alpha value is -3.69. The number of nitrogens with one attached hydrogen (secondary N) is 1. The van der Waals surface area contributed by atoms with E-state index in [0.29, 0.717) is 29.6 Å². The molecule has 0 saturated heterocycles. The molecule has 0 aliphatic heterocycles. The van der Waals surface area contributed by atoms with E-state index in [1.165, 1.54) is 0 Å². The zero-order valence-corrected chi connectivity index (χ0v) is 15.6. The molecule has 0 aliphatic carbocycles. The molecule has 0 radical (unpaired) electrons. The Balaban J connectivity index is 1.46. The number of benzene rings is 1. The number of aromatic nitrogens is 5. The third kappa shape index (κ3) is 5.16. The number of anilines is 1. The highest BCUT2D eigenvalue weighted by atomic mass is 16.5. The molecule has 1 amide bonds. The first-order valence-corrected chi connectivity index (χ1v) is 8.54. The predicted molar refractivity (Wildman–Crippen MR) is 101 cm³/mol. The molecule has 3 aromatic rings. The van der Waals surface area contributed by atoms with Crippen molar-refractivity contribution in [2.45, 2.75) is 20.0 Å². The lowest BCUT2D eigenvalue weighted by atomic mass is 10.3. The van der Waals surface area contributed by atoms with Gasteiger partial charge in [0.25, 0.3) is 5.91 Å². The first-order valence-electron chi connectivity index (χ1n) is 8.54. The van der Waals surface area contributed by atoms with Crippen LogP contribution in [-0.2, 0) is 17.9 Å². The number of hydrogen-bond donors (Lipinski definition) is 2. The summed E-state index contributed by atoms with van der Waals surface area (Å²) < 4.78 is 12.1. The van der Waals surface area contributed by atoms with Crippen molar-refractivity contribution in [3.05, 3.63) is 53.7 Å². The SMILES string of the molecule is COc1ccc(OCC(=O)NCc2cn(Cc3cnc(C)nc3N)nn2)cc1. The second kappa shape index (κ2) is 8.80. The Labute approximate surface area is 161 Å². The van der Waals surface area contributed by atoms with Gasteiger partial charge in [-0.1, -0.05) is 5.21 Å². The zero-order valence-electron chi connectivity index (χ0n) is 15.6. The van der Waals surface area contributed by atoms with E-state index in [-0.39, 0.29) is 19.1 Å². The molecular weight excluding hydrogens is 362 g/mol. The normalized spacial score (nSPS) is 10.5. The van der Waals surface area contributed by atoms with Gasteiger partial charge < -0.3 is 20.5 Å². The van der Waals surface area contributed by atoms with E-state index in [1.807, 2.05) is 0 Å². The maximum absolute atomic E-state index is 11.9. The highest BCUT2D eigenvalue weighted by Crippen LogP contribution is 2.16. The number of nitrogens with two attached hydrogens (primary N) is 1. The fraction of sp³-hybridized carbons (Fsp3) is 0.278. The molecule has 1 aromatic carbocycles. The summed E-state index contributed by atoms with van der Waals surface area (Å²) >= 11 is 0. The van der Waals surface area contributed by atoms with Crippen LogP contribution in [0.25, 0.3) is 0 Å². The number of hydrogen-bond acceptors (Lipinski definition) is 8. The van der Waals surface area contributed by atoms with Crippen molar-refractivity contribution < 1.29 is 14.3 Å². The fourth-order valence-electron chi connectivity index (χ4n) is 2.37. The van der Waals surface area contributed by atoms with E-state index >= 15 is 0 Å². The number of nitrogens with zero attached hydrogens (tertiary/aromatic N) is 5. The van der Waals surface area contributed by atoms with Crippen LogP contribution in [0.3, 0.4) is 0 Å². The van der Waals surface area contributed by atoms with Crippen LogP contribution in [0.15, 0.2) is 36.7 Å². The van der Waals surface area contributed by atoms with Crippen molar-refractivity contribution in [3.63, 3.8) is 0 Å². The molecule has 3 rings (SSSR count). The molecule has 0 bridgehead atoms. The zero-order chi connectivity index (χ0) is 19.9. The largest absolute Gasteiger partial charge is 0.497 e. The van der Waals surface area contributed by atoms with Gasteiger partial charge in [0.2, 0.25) is 0 Å². The van der Waals surface area contributed by atoms with Gasteiger partial charge in [-0.25, -0.2) is 14.6 Å². The van der Waals surface area contributed by atoms with Gasteiger partial charge in [0.05, 0.1) is 26.4 Å². The minimum absolute atomic E-state index is 0.0995. The maximum Gasteiger partial charge on any atom is 0.258 e. The van der Waals surface area contributed by atoms with Gasteiger partial charge in [-0.3, -0.25) is 4.79 Å². The molecule has 28 heavy (non-hydrogen) atoms. The molecule has 0 unspecified atom stereocenters. The Bertz CT molecular complexity index is 941. The number of ether oxygens (including phenoxy) is 2. The molecular formula is C18H21N7O3. The van der Waals surface area contributed by atoms with Crippen molar-refractivity contribution in [1.82, 2.24) is 30.3 Å². The summed E-state index contributed by atoms with van der Waals surface area (Å²) in [7, 11) is 1.59. The lowest BCUT2D eigenvalue weighted by Crippen LogP contribution is -2.28. The van der Waals surface area contributed by atoms with Gasteiger partial charge in [0, 0.05) is 11.8 Å².